The zero-order valence-electron chi connectivity index (χ0n) is 12.3. The molecule has 0 saturated heterocycles. The molecule has 0 atom stereocenters. The maximum absolute atomic E-state index is 12.0. The van der Waals surface area contributed by atoms with Crippen molar-refractivity contribution < 1.29 is 14.3 Å². The Kier molecular flexibility index (Phi) is 4.27. The average molecular weight is 276 g/mol. The van der Waals surface area contributed by atoms with Crippen LogP contribution in [0.4, 0.5) is 0 Å². The van der Waals surface area contributed by atoms with Crippen molar-refractivity contribution >= 4 is 17.0 Å². The van der Waals surface area contributed by atoms with E-state index in [1.54, 1.807) is 14.0 Å². The SMILES string of the molecule is CCOC(=O)c1nc2cc(OC)ccc2n1CC(C)C. The molecule has 0 fully saturated rings. The second-order valence-corrected chi connectivity index (χ2v) is 5.01. The van der Waals surface area contributed by atoms with Gasteiger partial charge in [0.25, 0.3) is 0 Å². The van der Waals surface area contributed by atoms with Gasteiger partial charge in [-0.2, -0.15) is 0 Å². The number of aromatic nitrogens is 2. The molecule has 5 nitrogen and oxygen atoms in total. The van der Waals surface area contributed by atoms with E-state index in [-0.39, 0.29) is 5.97 Å². The lowest BCUT2D eigenvalue weighted by atomic mass is 10.2. The molecule has 5 heteroatoms. The fourth-order valence-corrected chi connectivity index (χ4v) is 2.14. The number of methoxy groups -OCH3 is 1. The summed E-state index contributed by atoms with van der Waals surface area (Å²) in [7, 11) is 1.61. The van der Waals surface area contributed by atoms with Gasteiger partial charge >= 0.3 is 5.97 Å². The molecule has 108 valence electrons. The summed E-state index contributed by atoms with van der Waals surface area (Å²) < 4.78 is 12.2. The maximum Gasteiger partial charge on any atom is 0.374 e. The van der Waals surface area contributed by atoms with Crippen LogP contribution in [-0.4, -0.2) is 29.2 Å². The summed E-state index contributed by atoms with van der Waals surface area (Å²) in [5, 5.41) is 0. The largest absolute Gasteiger partial charge is 0.497 e. The lowest BCUT2D eigenvalue weighted by Crippen LogP contribution is -2.15. The summed E-state index contributed by atoms with van der Waals surface area (Å²) in [4.78, 5) is 16.4. The first-order valence-electron chi connectivity index (χ1n) is 6.78. The van der Waals surface area contributed by atoms with Crippen LogP contribution in [0.5, 0.6) is 5.75 Å². The molecule has 0 aliphatic rings. The Morgan fingerprint density at radius 3 is 2.75 bits per heavy atom. The van der Waals surface area contributed by atoms with E-state index < -0.39 is 0 Å². The fourth-order valence-electron chi connectivity index (χ4n) is 2.14. The molecule has 1 heterocycles. The predicted molar refractivity (Wildman–Crippen MR) is 77.1 cm³/mol. The first-order chi connectivity index (χ1) is 9.56. The molecule has 0 unspecified atom stereocenters. The molecule has 0 aliphatic carbocycles. The second-order valence-electron chi connectivity index (χ2n) is 5.01. The van der Waals surface area contributed by atoms with E-state index in [1.807, 2.05) is 22.8 Å². The fraction of sp³-hybridized carbons (Fsp3) is 0.467. The summed E-state index contributed by atoms with van der Waals surface area (Å²) in [6.45, 7) is 7.05. The number of hydrogen-bond donors (Lipinski definition) is 0. The van der Waals surface area contributed by atoms with Crippen LogP contribution in [-0.2, 0) is 11.3 Å². The lowest BCUT2D eigenvalue weighted by Gasteiger charge is -2.11. The van der Waals surface area contributed by atoms with Gasteiger partial charge in [0.2, 0.25) is 5.82 Å². The minimum atomic E-state index is -0.386. The minimum absolute atomic E-state index is 0.340. The van der Waals surface area contributed by atoms with Gasteiger partial charge in [-0.05, 0) is 25.0 Å². The van der Waals surface area contributed by atoms with E-state index in [4.69, 9.17) is 9.47 Å². The van der Waals surface area contributed by atoms with Crippen LogP contribution in [0.15, 0.2) is 18.2 Å². The number of hydrogen-bond acceptors (Lipinski definition) is 4. The van der Waals surface area contributed by atoms with E-state index in [1.165, 1.54) is 0 Å². The smallest absolute Gasteiger partial charge is 0.374 e. The third-order valence-corrected chi connectivity index (χ3v) is 2.96. The number of nitrogens with zero attached hydrogens (tertiary/aromatic N) is 2. The lowest BCUT2D eigenvalue weighted by molar-refractivity contribution is 0.0506. The molecule has 2 aromatic rings. The van der Waals surface area contributed by atoms with Crippen LogP contribution in [0.1, 0.15) is 31.4 Å². The van der Waals surface area contributed by atoms with Gasteiger partial charge in [0.05, 0.1) is 24.8 Å². The number of esters is 1. The highest BCUT2D eigenvalue weighted by Gasteiger charge is 2.19. The molecule has 0 saturated carbocycles. The predicted octanol–water partition coefficient (Wildman–Crippen LogP) is 2.88. The van der Waals surface area contributed by atoms with Crippen molar-refractivity contribution in [3.05, 3.63) is 24.0 Å². The zero-order chi connectivity index (χ0) is 14.7. The van der Waals surface area contributed by atoms with Gasteiger partial charge in [0.1, 0.15) is 5.75 Å². The van der Waals surface area contributed by atoms with Gasteiger partial charge in [0.15, 0.2) is 0 Å². The van der Waals surface area contributed by atoms with E-state index in [0.29, 0.717) is 18.3 Å². The van der Waals surface area contributed by atoms with Crippen LogP contribution >= 0.6 is 0 Å². The average Bonchev–Trinajstić information content (AvgIpc) is 2.76. The molecule has 0 amide bonds. The molecule has 20 heavy (non-hydrogen) atoms. The molecule has 1 aromatic heterocycles. The quantitative estimate of drug-likeness (QED) is 0.788. The Labute approximate surface area is 118 Å². The van der Waals surface area contributed by atoms with Crippen molar-refractivity contribution in [2.24, 2.45) is 5.92 Å². The molecule has 0 N–H and O–H groups in total. The zero-order valence-corrected chi connectivity index (χ0v) is 12.3. The number of carbonyl (C=O) groups is 1. The highest BCUT2D eigenvalue weighted by molar-refractivity contribution is 5.91. The van der Waals surface area contributed by atoms with E-state index in [9.17, 15) is 4.79 Å². The normalized spacial score (nSPS) is 11.1. The van der Waals surface area contributed by atoms with Crippen molar-refractivity contribution in [3.63, 3.8) is 0 Å². The van der Waals surface area contributed by atoms with Gasteiger partial charge in [-0.25, -0.2) is 9.78 Å². The van der Waals surface area contributed by atoms with Crippen molar-refractivity contribution in [1.82, 2.24) is 9.55 Å². The third-order valence-electron chi connectivity index (χ3n) is 2.96. The van der Waals surface area contributed by atoms with Gasteiger partial charge in [-0.3, -0.25) is 0 Å². The van der Waals surface area contributed by atoms with Gasteiger partial charge in [-0.15, -0.1) is 0 Å². The maximum atomic E-state index is 12.0. The minimum Gasteiger partial charge on any atom is -0.497 e. The molecule has 0 bridgehead atoms. The van der Waals surface area contributed by atoms with Crippen molar-refractivity contribution in [3.8, 4) is 5.75 Å². The number of imidazole rings is 1. The standard InChI is InChI=1S/C15H20N2O3/c1-5-20-15(18)14-16-12-8-11(19-4)6-7-13(12)17(14)9-10(2)3/h6-8,10H,5,9H2,1-4H3. The summed E-state index contributed by atoms with van der Waals surface area (Å²) in [5.74, 6) is 1.09. The Bertz CT molecular complexity index is 617. The number of ether oxygens (including phenoxy) is 2. The number of rotatable bonds is 5. The Hall–Kier alpha value is -2.04. The highest BCUT2D eigenvalue weighted by atomic mass is 16.5. The molecule has 0 aliphatic heterocycles. The van der Waals surface area contributed by atoms with Crippen LogP contribution in [0, 0.1) is 5.92 Å². The molecule has 0 radical (unpaired) electrons. The molecule has 1 aromatic carbocycles. The summed E-state index contributed by atoms with van der Waals surface area (Å²) in [5.41, 5.74) is 1.66. The van der Waals surface area contributed by atoms with Gasteiger partial charge < -0.3 is 14.0 Å². The van der Waals surface area contributed by atoms with Gasteiger partial charge in [-0.1, -0.05) is 13.8 Å². The van der Waals surface area contributed by atoms with E-state index in [2.05, 4.69) is 18.8 Å². The Balaban J connectivity index is 2.56. The van der Waals surface area contributed by atoms with Crippen molar-refractivity contribution in [2.75, 3.05) is 13.7 Å². The topological polar surface area (TPSA) is 53.4 Å². The summed E-state index contributed by atoms with van der Waals surface area (Å²) in [6, 6.07) is 5.62. The number of benzene rings is 1. The summed E-state index contributed by atoms with van der Waals surface area (Å²) >= 11 is 0. The summed E-state index contributed by atoms with van der Waals surface area (Å²) in [6.07, 6.45) is 0. The molecular formula is C15H20N2O3. The van der Waals surface area contributed by atoms with Crippen LogP contribution in [0.2, 0.25) is 0 Å². The highest BCUT2D eigenvalue weighted by Crippen LogP contribution is 2.23. The molecule has 0 spiro atoms. The van der Waals surface area contributed by atoms with E-state index in [0.717, 1.165) is 23.3 Å². The van der Waals surface area contributed by atoms with Crippen LogP contribution in [0.25, 0.3) is 11.0 Å². The Morgan fingerprint density at radius 1 is 1.40 bits per heavy atom. The number of carbonyl (C=O) groups excluding carboxylic acids is 1. The Morgan fingerprint density at radius 2 is 2.15 bits per heavy atom. The first kappa shape index (κ1) is 14.4. The first-order valence-corrected chi connectivity index (χ1v) is 6.78. The molecule has 2 rings (SSSR count). The monoisotopic (exact) mass is 276 g/mol. The second kappa shape index (κ2) is 5.94. The van der Waals surface area contributed by atoms with E-state index >= 15 is 0 Å². The van der Waals surface area contributed by atoms with Crippen LogP contribution < -0.4 is 4.74 Å². The van der Waals surface area contributed by atoms with Gasteiger partial charge in [0, 0.05) is 12.6 Å². The third kappa shape index (κ3) is 2.76. The van der Waals surface area contributed by atoms with Crippen LogP contribution in [0.3, 0.4) is 0 Å². The van der Waals surface area contributed by atoms with Crippen molar-refractivity contribution in [2.45, 2.75) is 27.3 Å². The van der Waals surface area contributed by atoms with Crippen molar-refractivity contribution in [1.29, 1.82) is 0 Å². The molecular weight excluding hydrogens is 256 g/mol. The number of fused-ring (bicyclic) bond motifs is 1.